The van der Waals surface area contributed by atoms with E-state index in [0.717, 1.165) is 0 Å². The van der Waals surface area contributed by atoms with Gasteiger partial charge in [0.2, 0.25) is 6.17 Å². The molecule has 0 heterocycles. The Morgan fingerprint density at radius 2 is 1.71 bits per heavy atom. The van der Waals surface area contributed by atoms with Crippen molar-refractivity contribution >= 4 is 5.97 Å². The predicted molar refractivity (Wildman–Crippen MR) is 32.3 cm³/mol. The summed E-state index contributed by atoms with van der Waals surface area (Å²) < 4.78 is 74.3. The first kappa shape index (κ1) is 13.0. The van der Waals surface area contributed by atoms with E-state index in [1.165, 1.54) is 0 Å². The zero-order valence-corrected chi connectivity index (χ0v) is 6.87. The summed E-state index contributed by atoms with van der Waals surface area (Å²) in [5, 5.41) is 0. The molecule has 0 aromatic heterocycles. The fourth-order valence-electron chi connectivity index (χ4n) is 0.578. The maximum atomic E-state index is 12.3. The van der Waals surface area contributed by atoms with Crippen molar-refractivity contribution in [2.24, 2.45) is 0 Å². The van der Waals surface area contributed by atoms with Crippen LogP contribution in [0.4, 0.5) is 26.3 Å². The van der Waals surface area contributed by atoms with E-state index in [9.17, 15) is 31.1 Å². The number of rotatable bonds is 3. The predicted octanol–water partition coefficient (Wildman–Crippen LogP) is 2.43. The molecule has 0 bridgehead atoms. The lowest BCUT2D eigenvalue weighted by atomic mass is 10.2. The molecule has 2 nitrogen and oxygen atoms in total. The molecule has 0 aliphatic carbocycles. The van der Waals surface area contributed by atoms with E-state index >= 15 is 0 Å². The molecule has 8 heteroatoms. The van der Waals surface area contributed by atoms with Crippen LogP contribution in [0.2, 0.25) is 0 Å². The van der Waals surface area contributed by atoms with Gasteiger partial charge in [0.1, 0.15) is 0 Å². The van der Waals surface area contributed by atoms with Gasteiger partial charge >= 0.3 is 18.3 Å². The smallest absolute Gasteiger partial charge is 0.399 e. The largest absolute Gasteiger partial charge is 0.432 e. The topological polar surface area (TPSA) is 26.3 Å². The first-order valence-electron chi connectivity index (χ1n) is 3.33. The lowest BCUT2D eigenvalue weighted by Gasteiger charge is -2.20. The van der Waals surface area contributed by atoms with E-state index in [1.54, 1.807) is 0 Å². The number of ether oxygens (including phenoxy) is 1. The SMILES string of the molecule is CC(=O)OC(F)(F)C(F)CC(F)(F)F. The maximum Gasteiger partial charge on any atom is 0.432 e. The third-order valence-electron chi connectivity index (χ3n) is 1.06. The molecule has 84 valence electrons. The fraction of sp³-hybridized carbons (Fsp3) is 0.833. The number of alkyl halides is 6. The molecule has 0 saturated carbocycles. The Labute approximate surface area is 74.8 Å². The molecule has 0 aliphatic rings. The minimum atomic E-state index is -5.08. The van der Waals surface area contributed by atoms with E-state index in [-0.39, 0.29) is 0 Å². The molecule has 0 aromatic rings. The summed E-state index contributed by atoms with van der Waals surface area (Å²) in [4.78, 5) is 9.98. The van der Waals surface area contributed by atoms with E-state index in [4.69, 9.17) is 0 Å². The highest BCUT2D eigenvalue weighted by Crippen LogP contribution is 2.32. The van der Waals surface area contributed by atoms with E-state index < -0.39 is 30.8 Å². The van der Waals surface area contributed by atoms with Gasteiger partial charge in [-0.15, -0.1) is 0 Å². The average Bonchev–Trinajstić information content (AvgIpc) is 1.79. The van der Waals surface area contributed by atoms with Gasteiger partial charge in [-0.3, -0.25) is 4.79 Å². The number of hydrogen-bond acceptors (Lipinski definition) is 2. The van der Waals surface area contributed by atoms with E-state index in [0.29, 0.717) is 6.92 Å². The number of hydrogen-bond donors (Lipinski definition) is 0. The second kappa shape index (κ2) is 4.05. The van der Waals surface area contributed by atoms with Gasteiger partial charge in [-0.1, -0.05) is 0 Å². The second-order valence-electron chi connectivity index (χ2n) is 2.44. The Morgan fingerprint density at radius 3 is 2.00 bits per heavy atom. The molecule has 1 atom stereocenters. The molecule has 0 N–H and O–H groups in total. The van der Waals surface area contributed by atoms with Crippen molar-refractivity contribution in [2.45, 2.75) is 31.8 Å². The summed E-state index contributed by atoms with van der Waals surface area (Å²) in [5.41, 5.74) is 0. The standard InChI is InChI=1S/C6H6F6O2/c1-3(13)14-6(11,12)4(7)2-5(8,9)10/h4H,2H2,1H3. The van der Waals surface area contributed by atoms with Gasteiger partial charge in [0.05, 0.1) is 6.42 Å². The first-order valence-corrected chi connectivity index (χ1v) is 3.33. The van der Waals surface area contributed by atoms with Crippen LogP contribution in [-0.4, -0.2) is 24.4 Å². The zero-order chi connectivity index (χ0) is 11.6. The van der Waals surface area contributed by atoms with Gasteiger partial charge in [-0.2, -0.15) is 22.0 Å². The van der Waals surface area contributed by atoms with Gasteiger partial charge in [0.25, 0.3) is 0 Å². The van der Waals surface area contributed by atoms with Crippen LogP contribution in [0.25, 0.3) is 0 Å². The minimum Gasteiger partial charge on any atom is -0.399 e. The van der Waals surface area contributed by atoms with E-state index in [1.807, 2.05) is 0 Å². The lowest BCUT2D eigenvalue weighted by Crippen LogP contribution is -2.37. The Morgan fingerprint density at radius 1 is 1.29 bits per heavy atom. The number of carbonyl (C=O) groups excluding carboxylic acids is 1. The van der Waals surface area contributed by atoms with Crippen LogP contribution in [0.1, 0.15) is 13.3 Å². The van der Waals surface area contributed by atoms with Crippen LogP contribution in [-0.2, 0) is 9.53 Å². The van der Waals surface area contributed by atoms with Crippen LogP contribution in [0.5, 0.6) is 0 Å². The van der Waals surface area contributed by atoms with Crippen molar-refractivity contribution in [2.75, 3.05) is 0 Å². The fourth-order valence-corrected chi connectivity index (χ4v) is 0.578. The number of esters is 1. The molecule has 1 unspecified atom stereocenters. The summed E-state index contributed by atoms with van der Waals surface area (Å²) in [6.07, 6.45) is -15.8. The first-order chi connectivity index (χ1) is 6.04. The summed E-state index contributed by atoms with van der Waals surface area (Å²) >= 11 is 0. The molecule has 0 rings (SSSR count). The highest BCUT2D eigenvalue weighted by Gasteiger charge is 2.49. The Bertz CT molecular complexity index is 211. The van der Waals surface area contributed by atoms with Crippen LogP contribution in [0, 0.1) is 0 Å². The Balaban J connectivity index is 4.35. The minimum absolute atomic E-state index is 0.536. The molecule has 0 amide bonds. The monoisotopic (exact) mass is 224 g/mol. The molecule has 0 aliphatic heterocycles. The number of carbonyl (C=O) groups is 1. The normalized spacial score (nSPS) is 15.1. The van der Waals surface area contributed by atoms with Gasteiger partial charge < -0.3 is 4.74 Å². The van der Waals surface area contributed by atoms with E-state index in [2.05, 4.69) is 4.74 Å². The highest BCUT2D eigenvalue weighted by atomic mass is 19.4. The van der Waals surface area contributed by atoms with Gasteiger partial charge in [-0.25, -0.2) is 4.39 Å². The summed E-state index contributed by atoms with van der Waals surface area (Å²) in [6.45, 7) is 0.536. The van der Waals surface area contributed by atoms with Crippen molar-refractivity contribution in [1.29, 1.82) is 0 Å². The highest BCUT2D eigenvalue weighted by molar-refractivity contribution is 5.66. The van der Waals surface area contributed by atoms with Crippen LogP contribution < -0.4 is 0 Å². The second-order valence-corrected chi connectivity index (χ2v) is 2.44. The van der Waals surface area contributed by atoms with Crippen molar-refractivity contribution in [1.82, 2.24) is 0 Å². The summed E-state index contributed by atoms with van der Waals surface area (Å²) in [7, 11) is 0. The third kappa shape index (κ3) is 4.93. The number of halogens is 6. The molecule has 0 saturated heterocycles. The van der Waals surface area contributed by atoms with Crippen molar-refractivity contribution in [3.05, 3.63) is 0 Å². The lowest BCUT2D eigenvalue weighted by molar-refractivity contribution is -0.276. The molecule has 0 aromatic carbocycles. The third-order valence-corrected chi connectivity index (χ3v) is 1.06. The molecular formula is C6H6F6O2. The molecule has 0 fully saturated rings. The molecule has 0 radical (unpaired) electrons. The zero-order valence-electron chi connectivity index (χ0n) is 6.87. The Kier molecular flexibility index (Phi) is 3.78. The van der Waals surface area contributed by atoms with Crippen LogP contribution in [0.15, 0.2) is 0 Å². The summed E-state index contributed by atoms with van der Waals surface area (Å²) in [5.74, 6) is -1.56. The van der Waals surface area contributed by atoms with Gasteiger partial charge in [0.15, 0.2) is 0 Å². The molecule has 14 heavy (non-hydrogen) atoms. The van der Waals surface area contributed by atoms with Crippen LogP contribution in [0.3, 0.4) is 0 Å². The van der Waals surface area contributed by atoms with Crippen molar-refractivity contribution in [3.63, 3.8) is 0 Å². The average molecular weight is 224 g/mol. The van der Waals surface area contributed by atoms with Crippen molar-refractivity contribution in [3.8, 4) is 0 Å². The summed E-state index contributed by atoms with van der Waals surface area (Å²) in [6, 6.07) is 0. The van der Waals surface area contributed by atoms with Crippen molar-refractivity contribution < 1.29 is 35.9 Å². The Hall–Kier alpha value is -0.950. The van der Waals surface area contributed by atoms with Gasteiger partial charge in [0, 0.05) is 6.92 Å². The maximum absolute atomic E-state index is 12.3. The quantitative estimate of drug-likeness (QED) is 0.543. The molecular weight excluding hydrogens is 218 g/mol. The van der Waals surface area contributed by atoms with Gasteiger partial charge in [-0.05, 0) is 0 Å². The molecule has 0 spiro atoms. The van der Waals surface area contributed by atoms with Crippen LogP contribution >= 0.6 is 0 Å².